The smallest absolute Gasteiger partial charge is 0.235 e. The van der Waals surface area contributed by atoms with Gasteiger partial charge in [-0.3, -0.25) is 4.79 Å². The van der Waals surface area contributed by atoms with Crippen molar-refractivity contribution in [1.82, 2.24) is 19.8 Å². The monoisotopic (exact) mass is 357 g/mol. The zero-order valence-electron chi connectivity index (χ0n) is 14.0. The number of rotatable bonds is 6. The summed E-state index contributed by atoms with van der Waals surface area (Å²) in [5, 5.41) is 8.21. The quantitative estimate of drug-likeness (QED) is 0.538. The zero-order valence-corrected chi connectivity index (χ0v) is 14.8. The third-order valence-electron chi connectivity index (χ3n) is 3.67. The first-order chi connectivity index (χ1) is 12.1. The van der Waals surface area contributed by atoms with Crippen LogP contribution in [0.5, 0.6) is 0 Å². The number of nitrogens with two attached hydrogens (primary N) is 1. The number of amides is 1. The Morgan fingerprint density at radius 2 is 2.04 bits per heavy atom. The third-order valence-corrected chi connectivity index (χ3v) is 4.72. The summed E-state index contributed by atoms with van der Waals surface area (Å²) in [6.07, 6.45) is 1.54. The molecule has 2 heterocycles. The van der Waals surface area contributed by atoms with Crippen LogP contribution in [0.25, 0.3) is 11.6 Å². The number of hydrogen-bond donors (Lipinski definition) is 1. The minimum absolute atomic E-state index is 0.00333. The van der Waals surface area contributed by atoms with Crippen LogP contribution < -0.4 is 5.84 Å². The molecule has 1 unspecified atom stereocenters. The minimum Gasteiger partial charge on any atom is -0.461 e. The molecular weight excluding hydrogens is 338 g/mol. The molecule has 0 spiro atoms. The van der Waals surface area contributed by atoms with Crippen molar-refractivity contribution in [2.45, 2.75) is 23.9 Å². The van der Waals surface area contributed by atoms with Crippen LogP contribution in [-0.2, 0) is 11.3 Å². The Morgan fingerprint density at radius 3 is 2.72 bits per heavy atom. The molecule has 3 aromatic rings. The third kappa shape index (κ3) is 3.85. The van der Waals surface area contributed by atoms with E-state index in [1.165, 1.54) is 16.4 Å². The Hall–Kier alpha value is -2.74. The molecule has 8 heteroatoms. The Labute approximate surface area is 149 Å². The molecule has 1 atom stereocenters. The van der Waals surface area contributed by atoms with Crippen LogP contribution in [0.1, 0.15) is 12.5 Å². The van der Waals surface area contributed by atoms with Gasteiger partial charge in [0.1, 0.15) is 0 Å². The fourth-order valence-corrected chi connectivity index (χ4v) is 3.27. The van der Waals surface area contributed by atoms with Crippen molar-refractivity contribution in [3.05, 3.63) is 54.3 Å². The molecule has 7 nitrogen and oxygen atoms in total. The second-order valence-electron chi connectivity index (χ2n) is 5.59. The first-order valence-electron chi connectivity index (χ1n) is 7.76. The first-order valence-corrected chi connectivity index (χ1v) is 8.64. The molecule has 0 fully saturated rings. The molecule has 0 saturated heterocycles. The summed E-state index contributed by atoms with van der Waals surface area (Å²) in [7, 11) is 1.79. The van der Waals surface area contributed by atoms with Gasteiger partial charge in [-0.25, -0.2) is 4.68 Å². The van der Waals surface area contributed by atoms with E-state index in [0.717, 1.165) is 5.56 Å². The summed E-state index contributed by atoms with van der Waals surface area (Å²) >= 11 is 1.27. The van der Waals surface area contributed by atoms with E-state index in [-0.39, 0.29) is 11.2 Å². The SMILES string of the molecule is CC(Sc1nnc(-c2ccco2)n1N)C(=O)N(C)Cc1ccccc1. The summed E-state index contributed by atoms with van der Waals surface area (Å²) in [6, 6.07) is 13.4. The largest absolute Gasteiger partial charge is 0.461 e. The first kappa shape index (κ1) is 17.1. The van der Waals surface area contributed by atoms with Crippen LogP contribution in [0.15, 0.2) is 58.3 Å². The van der Waals surface area contributed by atoms with E-state index in [0.29, 0.717) is 23.3 Å². The molecule has 3 rings (SSSR count). The van der Waals surface area contributed by atoms with Crippen molar-refractivity contribution in [2.75, 3.05) is 12.9 Å². The molecule has 1 amide bonds. The minimum atomic E-state index is -0.343. The summed E-state index contributed by atoms with van der Waals surface area (Å²) < 4.78 is 6.62. The van der Waals surface area contributed by atoms with Crippen molar-refractivity contribution in [1.29, 1.82) is 0 Å². The van der Waals surface area contributed by atoms with Crippen LogP contribution in [0.2, 0.25) is 0 Å². The predicted molar refractivity (Wildman–Crippen MR) is 96.1 cm³/mol. The lowest BCUT2D eigenvalue weighted by Gasteiger charge is -2.20. The van der Waals surface area contributed by atoms with E-state index in [2.05, 4.69) is 10.2 Å². The van der Waals surface area contributed by atoms with Gasteiger partial charge in [-0.2, -0.15) is 0 Å². The molecule has 130 valence electrons. The fraction of sp³-hybridized carbons (Fsp3) is 0.235. The lowest BCUT2D eigenvalue weighted by atomic mass is 10.2. The normalized spacial score (nSPS) is 12.1. The summed E-state index contributed by atoms with van der Waals surface area (Å²) in [6.45, 7) is 2.38. The summed E-state index contributed by atoms with van der Waals surface area (Å²) in [4.78, 5) is 14.3. The molecule has 0 aliphatic rings. The van der Waals surface area contributed by atoms with Gasteiger partial charge >= 0.3 is 0 Å². The van der Waals surface area contributed by atoms with Gasteiger partial charge < -0.3 is 15.2 Å². The number of carbonyl (C=O) groups is 1. The topological polar surface area (TPSA) is 90.2 Å². The maximum absolute atomic E-state index is 12.6. The molecule has 1 aromatic carbocycles. The average Bonchev–Trinajstić information content (AvgIpc) is 3.25. The number of nitrogens with zero attached hydrogens (tertiary/aromatic N) is 4. The van der Waals surface area contributed by atoms with Gasteiger partial charge in [-0.15, -0.1) is 10.2 Å². The average molecular weight is 357 g/mol. The van der Waals surface area contributed by atoms with Gasteiger partial charge in [0.05, 0.1) is 11.5 Å². The maximum Gasteiger partial charge on any atom is 0.235 e. The molecule has 0 aliphatic heterocycles. The van der Waals surface area contributed by atoms with Crippen molar-refractivity contribution in [2.24, 2.45) is 0 Å². The van der Waals surface area contributed by atoms with Crippen LogP contribution in [0, 0.1) is 0 Å². The van der Waals surface area contributed by atoms with Crippen molar-refractivity contribution < 1.29 is 9.21 Å². The fourth-order valence-electron chi connectivity index (χ4n) is 2.39. The Balaban J connectivity index is 1.65. The number of hydrogen-bond acceptors (Lipinski definition) is 6. The molecule has 2 aromatic heterocycles. The highest BCUT2D eigenvalue weighted by atomic mass is 32.2. The van der Waals surface area contributed by atoms with Gasteiger partial charge in [0, 0.05) is 13.6 Å². The van der Waals surface area contributed by atoms with E-state index >= 15 is 0 Å². The van der Waals surface area contributed by atoms with Gasteiger partial charge in [0.2, 0.25) is 16.9 Å². The van der Waals surface area contributed by atoms with Crippen molar-refractivity contribution >= 4 is 17.7 Å². The van der Waals surface area contributed by atoms with E-state index in [1.54, 1.807) is 30.3 Å². The Kier molecular flexibility index (Phi) is 5.08. The van der Waals surface area contributed by atoms with Crippen LogP contribution in [0.4, 0.5) is 0 Å². The van der Waals surface area contributed by atoms with E-state index in [9.17, 15) is 4.79 Å². The lowest BCUT2D eigenvalue weighted by Crippen LogP contribution is -2.33. The van der Waals surface area contributed by atoms with Gasteiger partial charge in [-0.1, -0.05) is 42.1 Å². The Bertz CT molecular complexity index is 832. The summed E-state index contributed by atoms with van der Waals surface area (Å²) in [5.41, 5.74) is 1.08. The number of thioether (sulfide) groups is 1. The number of nitrogen functional groups attached to an aromatic ring is 1. The highest BCUT2D eigenvalue weighted by molar-refractivity contribution is 8.00. The Morgan fingerprint density at radius 1 is 1.28 bits per heavy atom. The molecule has 25 heavy (non-hydrogen) atoms. The second-order valence-corrected chi connectivity index (χ2v) is 6.90. The van der Waals surface area contributed by atoms with E-state index < -0.39 is 0 Å². The molecule has 0 bridgehead atoms. The van der Waals surface area contributed by atoms with Crippen molar-refractivity contribution in [3.63, 3.8) is 0 Å². The standard InChI is InChI=1S/C17H19N5O2S/c1-12(16(23)21(2)11-13-7-4-3-5-8-13)25-17-20-19-15(22(17)18)14-9-6-10-24-14/h3-10,12H,11,18H2,1-2H3. The zero-order chi connectivity index (χ0) is 17.8. The molecule has 0 aliphatic carbocycles. The van der Waals surface area contributed by atoms with Gasteiger partial charge in [-0.05, 0) is 24.6 Å². The molecular formula is C17H19N5O2S. The highest BCUT2D eigenvalue weighted by Crippen LogP contribution is 2.25. The number of benzene rings is 1. The van der Waals surface area contributed by atoms with Crippen molar-refractivity contribution in [3.8, 4) is 11.6 Å². The molecule has 0 saturated carbocycles. The maximum atomic E-state index is 12.6. The highest BCUT2D eigenvalue weighted by Gasteiger charge is 2.23. The number of carbonyl (C=O) groups excluding carboxylic acids is 1. The second kappa shape index (κ2) is 7.43. The number of furan rings is 1. The van der Waals surface area contributed by atoms with Gasteiger partial charge in [0.15, 0.2) is 5.76 Å². The van der Waals surface area contributed by atoms with E-state index in [1.807, 2.05) is 37.3 Å². The lowest BCUT2D eigenvalue weighted by molar-refractivity contribution is -0.129. The van der Waals surface area contributed by atoms with Gasteiger partial charge in [0.25, 0.3) is 0 Å². The van der Waals surface area contributed by atoms with Crippen LogP contribution in [0.3, 0.4) is 0 Å². The van der Waals surface area contributed by atoms with Crippen LogP contribution >= 0.6 is 11.8 Å². The molecule has 0 radical (unpaired) electrons. The molecule has 2 N–H and O–H groups in total. The number of aromatic nitrogens is 3. The van der Waals surface area contributed by atoms with Crippen LogP contribution in [-0.4, -0.2) is 38.0 Å². The summed E-state index contributed by atoms with van der Waals surface area (Å²) in [5.74, 6) is 6.98. The predicted octanol–water partition coefficient (Wildman–Crippen LogP) is 2.39. The van der Waals surface area contributed by atoms with E-state index in [4.69, 9.17) is 10.3 Å².